The van der Waals surface area contributed by atoms with E-state index in [1.54, 1.807) is 7.11 Å². The van der Waals surface area contributed by atoms with E-state index < -0.39 is 0 Å². The van der Waals surface area contributed by atoms with Gasteiger partial charge in [-0.05, 0) is 43.4 Å². The maximum absolute atomic E-state index is 5.45. The van der Waals surface area contributed by atoms with Crippen molar-refractivity contribution in [3.05, 3.63) is 29.8 Å². The molecule has 0 amide bonds. The van der Waals surface area contributed by atoms with Crippen LogP contribution in [0.25, 0.3) is 0 Å². The molecule has 1 saturated heterocycles. The Morgan fingerprint density at radius 2 is 2.12 bits per heavy atom. The number of para-hydroxylation sites is 1. The normalized spacial score (nSPS) is 24.2. The van der Waals surface area contributed by atoms with Crippen LogP contribution in [0.2, 0.25) is 0 Å². The molecular formula is C15H23NO. The highest BCUT2D eigenvalue weighted by Gasteiger charge is 2.36. The van der Waals surface area contributed by atoms with Gasteiger partial charge in [-0.25, -0.2) is 0 Å². The quantitative estimate of drug-likeness (QED) is 0.863. The predicted molar refractivity (Wildman–Crippen MR) is 71.5 cm³/mol. The molecule has 0 bridgehead atoms. The Balaban J connectivity index is 2.23. The van der Waals surface area contributed by atoms with Gasteiger partial charge in [-0.15, -0.1) is 0 Å². The zero-order valence-electron chi connectivity index (χ0n) is 11.1. The van der Waals surface area contributed by atoms with E-state index in [9.17, 15) is 0 Å². The van der Waals surface area contributed by atoms with Crippen LogP contribution in [0, 0.1) is 5.92 Å². The summed E-state index contributed by atoms with van der Waals surface area (Å²) in [5.74, 6) is 1.66. The third kappa shape index (κ3) is 2.47. The van der Waals surface area contributed by atoms with Crippen LogP contribution in [-0.4, -0.2) is 19.2 Å². The lowest BCUT2D eigenvalue weighted by Gasteiger charge is -2.34. The standard InChI is InChI=1S/C15H23NO/c1-12(2)15(9-6-10-16-15)11-13-7-4-5-8-14(13)17-3/h4-5,7-8,12,16H,6,9-11H2,1-3H3. The highest BCUT2D eigenvalue weighted by Crippen LogP contribution is 2.33. The summed E-state index contributed by atoms with van der Waals surface area (Å²) in [4.78, 5) is 0. The van der Waals surface area contributed by atoms with E-state index in [1.807, 2.05) is 6.07 Å². The minimum atomic E-state index is 0.259. The van der Waals surface area contributed by atoms with Gasteiger partial charge in [0.15, 0.2) is 0 Å². The first-order chi connectivity index (χ1) is 8.18. The molecule has 2 rings (SSSR count). The summed E-state index contributed by atoms with van der Waals surface area (Å²) in [5.41, 5.74) is 1.58. The molecule has 1 aliphatic heterocycles. The van der Waals surface area contributed by atoms with Gasteiger partial charge >= 0.3 is 0 Å². The molecule has 1 heterocycles. The molecule has 1 unspecified atom stereocenters. The van der Waals surface area contributed by atoms with Gasteiger partial charge in [-0.1, -0.05) is 32.0 Å². The number of ether oxygens (including phenoxy) is 1. The Kier molecular flexibility index (Phi) is 3.72. The average Bonchev–Trinajstić information content (AvgIpc) is 2.80. The zero-order valence-corrected chi connectivity index (χ0v) is 11.1. The van der Waals surface area contributed by atoms with Gasteiger partial charge in [-0.2, -0.15) is 0 Å². The molecule has 1 aliphatic rings. The molecule has 0 aliphatic carbocycles. The molecule has 0 aromatic heterocycles. The van der Waals surface area contributed by atoms with Crippen LogP contribution in [0.4, 0.5) is 0 Å². The van der Waals surface area contributed by atoms with Crippen molar-refractivity contribution in [3.8, 4) is 5.75 Å². The summed E-state index contributed by atoms with van der Waals surface area (Å²) in [6.45, 7) is 5.77. The number of rotatable bonds is 4. The third-order valence-electron chi connectivity index (χ3n) is 4.08. The molecule has 0 spiro atoms. The van der Waals surface area contributed by atoms with Crippen molar-refractivity contribution in [1.29, 1.82) is 0 Å². The summed E-state index contributed by atoms with van der Waals surface area (Å²) in [7, 11) is 1.75. The van der Waals surface area contributed by atoms with Gasteiger partial charge < -0.3 is 10.1 Å². The Bertz CT molecular complexity index is 367. The van der Waals surface area contributed by atoms with E-state index in [4.69, 9.17) is 4.74 Å². The van der Waals surface area contributed by atoms with E-state index in [-0.39, 0.29) is 5.54 Å². The predicted octanol–water partition coefficient (Wildman–Crippen LogP) is 3.02. The van der Waals surface area contributed by atoms with Crippen LogP contribution in [0.15, 0.2) is 24.3 Å². The first-order valence-electron chi connectivity index (χ1n) is 6.55. The monoisotopic (exact) mass is 233 g/mol. The first kappa shape index (κ1) is 12.4. The number of hydrogen-bond acceptors (Lipinski definition) is 2. The van der Waals surface area contributed by atoms with Gasteiger partial charge in [0.25, 0.3) is 0 Å². The number of methoxy groups -OCH3 is 1. The fourth-order valence-electron chi connectivity index (χ4n) is 2.87. The number of hydrogen-bond donors (Lipinski definition) is 1. The molecule has 1 atom stereocenters. The second kappa shape index (κ2) is 5.09. The maximum atomic E-state index is 5.45. The van der Waals surface area contributed by atoms with Crippen LogP contribution in [0.3, 0.4) is 0 Å². The molecule has 17 heavy (non-hydrogen) atoms. The van der Waals surface area contributed by atoms with Gasteiger partial charge in [0.2, 0.25) is 0 Å². The molecule has 1 N–H and O–H groups in total. The summed E-state index contributed by atoms with van der Waals surface area (Å²) in [6.07, 6.45) is 3.62. The Morgan fingerprint density at radius 3 is 2.71 bits per heavy atom. The van der Waals surface area contributed by atoms with Gasteiger partial charge in [0.1, 0.15) is 5.75 Å². The lowest BCUT2D eigenvalue weighted by Crippen LogP contribution is -2.46. The minimum Gasteiger partial charge on any atom is -0.496 e. The van der Waals surface area contributed by atoms with Crippen molar-refractivity contribution in [1.82, 2.24) is 5.32 Å². The molecule has 0 saturated carbocycles. The van der Waals surface area contributed by atoms with Crippen molar-refractivity contribution >= 4 is 0 Å². The molecule has 1 aromatic rings. The largest absolute Gasteiger partial charge is 0.496 e. The second-order valence-corrected chi connectivity index (χ2v) is 5.33. The topological polar surface area (TPSA) is 21.3 Å². The Hall–Kier alpha value is -1.02. The lowest BCUT2D eigenvalue weighted by molar-refractivity contribution is 0.266. The Morgan fingerprint density at radius 1 is 1.35 bits per heavy atom. The molecule has 1 fully saturated rings. The zero-order chi connectivity index (χ0) is 12.3. The van der Waals surface area contributed by atoms with Gasteiger partial charge in [0, 0.05) is 5.54 Å². The fourth-order valence-corrected chi connectivity index (χ4v) is 2.87. The summed E-state index contributed by atoms with van der Waals surface area (Å²) < 4.78 is 5.45. The molecular weight excluding hydrogens is 210 g/mol. The van der Waals surface area contributed by atoms with E-state index in [0.29, 0.717) is 5.92 Å². The SMILES string of the molecule is COc1ccccc1CC1(C(C)C)CCCN1. The third-order valence-corrected chi connectivity index (χ3v) is 4.08. The molecule has 0 radical (unpaired) electrons. The highest BCUT2D eigenvalue weighted by atomic mass is 16.5. The van der Waals surface area contributed by atoms with Crippen molar-refractivity contribution in [2.24, 2.45) is 5.92 Å². The van der Waals surface area contributed by atoms with E-state index in [2.05, 4.69) is 37.4 Å². The fraction of sp³-hybridized carbons (Fsp3) is 0.600. The summed E-state index contributed by atoms with van der Waals surface area (Å²) in [5, 5.41) is 3.71. The van der Waals surface area contributed by atoms with Gasteiger partial charge in [-0.3, -0.25) is 0 Å². The van der Waals surface area contributed by atoms with Crippen molar-refractivity contribution < 1.29 is 4.74 Å². The van der Waals surface area contributed by atoms with Gasteiger partial charge in [0.05, 0.1) is 7.11 Å². The van der Waals surface area contributed by atoms with Crippen LogP contribution in [0.1, 0.15) is 32.3 Å². The van der Waals surface area contributed by atoms with E-state index >= 15 is 0 Å². The van der Waals surface area contributed by atoms with Crippen LogP contribution in [0.5, 0.6) is 5.75 Å². The highest BCUT2D eigenvalue weighted by molar-refractivity contribution is 5.35. The first-order valence-corrected chi connectivity index (χ1v) is 6.55. The molecule has 2 nitrogen and oxygen atoms in total. The second-order valence-electron chi connectivity index (χ2n) is 5.33. The van der Waals surface area contributed by atoms with E-state index in [0.717, 1.165) is 18.7 Å². The molecule has 2 heteroatoms. The minimum absolute atomic E-state index is 0.259. The van der Waals surface area contributed by atoms with Crippen LogP contribution in [-0.2, 0) is 6.42 Å². The number of benzene rings is 1. The van der Waals surface area contributed by atoms with Crippen molar-refractivity contribution in [2.45, 2.75) is 38.6 Å². The Labute approximate surface area is 104 Å². The smallest absolute Gasteiger partial charge is 0.122 e. The summed E-state index contributed by atoms with van der Waals surface area (Å²) >= 11 is 0. The number of nitrogens with one attached hydrogen (secondary N) is 1. The average molecular weight is 233 g/mol. The maximum Gasteiger partial charge on any atom is 0.122 e. The van der Waals surface area contributed by atoms with Crippen molar-refractivity contribution in [2.75, 3.05) is 13.7 Å². The van der Waals surface area contributed by atoms with Crippen LogP contribution >= 0.6 is 0 Å². The molecule has 1 aromatic carbocycles. The van der Waals surface area contributed by atoms with Crippen molar-refractivity contribution in [3.63, 3.8) is 0 Å². The van der Waals surface area contributed by atoms with E-state index in [1.165, 1.54) is 18.4 Å². The lowest BCUT2D eigenvalue weighted by atomic mass is 9.79. The molecule has 94 valence electrons. The van der Waals surface area contributed by atoms with Crippen LogP contribution < -0.4 is 10.1 Å². The summed E-state index contributed by atoms with van der Waals surface area (Å²) in [6, 6.07) is 8.37.